The Morgan fingerprint density at radius 1 is 1.00 bits per heavy atom. The first kappa shape index (κ1) is 14.6. The summed E-state index contributed by atoms with van der Waals surface area (Å²) in [6.45, 7) is 2.90. The van der Waals surface area contributed by atoms with Gasteiger partial charge in [-0.1, -0.05) is 48.5 Å². The van der Waals surface area contributed by atoms with E-state index in [0.717, 1.165) is 25.2 Å². The topological polar surface area (TPSA) is 21.3 Å². The zero-order chi connectivity index (χ0) is 14.2. The number of hydrogen-bond acceptors (Lipinski definition) is 2. The summed E-state index contributed by atoms with van der Waals surface area (Å²) in [5.41, 5.74) is 2.59. The van der Waals surface area contributed by atoms with Crippen LogP contribution in [0.5, 0.6) is 5.75 Å². The summed E-state index contributed by atoms with van der Waals surface area (Å²) in [6.07, 6.45) is 2.09. The van der Waals surface area contributed by atoms with Crippen LogP contribution in [0.2, 0.25) is 0 Å². The molecular formula is C18H23NO. The SMILES string of the molecule is CNC(C)c1ccccc1OCCCc1ccccc1. The minimum atomic E-state index is 0.306. The summed E-state index contributed by atoms with van der Waals surface area (Å²) in [5.74, 6) is 0.988. The Balaban J connectivity index is 1.85. The van der Waals surface area contributed by atoms with Gasteiger partial charge in [0, 0.05) is 11.6 Å². The van der Waals surface area contributed by atoms with Crippen LogP contribution in [0.1, 0.15) is 30.5 Å². The van der Waals surface area contributed by atoms with Crippen molar-refractivity contribution in [1.29, 1.82) is 0 Å². The molecule has 0 aliphatic rings. The van der Waals surface area contributed by atoms with E-state index in [0.29, 0.717) is 6.04 Å². The Hall–Kier alpha value is -1.80. The number of ether oxygens (including phenoxy) is 1. The molecule has 1 N–H and O–H groups in total. The van der Waals surface area contributed by atoms with Gasteiger partial charge >= 0.3 is 0 Å². The van der Waals surface area contributed by atoms with Crippen LogP contribution in [-0.2, 0) is 6.42 Å². The first-order valence-electron chi connectivity index (χ1n) is 7.24. The van der Waals surface area contributed by atoms with Crippen LogP contribution in [0.15, 0.2) is 54.6 Å². The first-order chi connectivity index (χ1) is 9.81. The van der Waals surface area contributed by atoms with Crippen LogP contribution in [0.4, 0.5) is 0 Å². The number of para-hydroxylation sites is 1. The first-order valence-corrected chi connectivity index (χ1v) is 7.24. The summed E-state index contributed by atoms with van der Waals surface area (Å²) in [5, 5.41) is 3.26. The molecule has 2 heteroatoms. The van der Waals surface area contributed by atoms with Crippen LogP contribution in [-0.4, -0.2) is 13.7 Å². The average Bonchev–Trinajstić information content (AvgIpc) is 2.52. The maximum atomic E-state index is 5.94. The van der Waals surface area contributed by atoms with Crippen molar-refractivity contribution in [2.45, 2.75) is 25.8 Å². The van der Waals surface area contributed by atoms with Gasteiger partial charge in [0.2, 0.25) is 0 Å². The van der Waals surface area contributed by atoms with Crippen LogP contribution in [0.25, 0.3) is 0 Å². The quantitative estimate of drug-likeness (QED) is 0.768. The van der Waals surface area contributed by atoms with E-state index >= 15 is 0 Å². The van der Waals surface area contributed by atoms with E-state index in [9.17, 15) is 0 Å². The average molecular weight is 269 g/mol. The molecule has 2 rings (SSSR count). The lowest BCUT2D eigenvalue weighted by molar-refractivity contribution is 0.305. The van der Waals surface area contributed by atoms with Gasteiger partial charge in [0.15, 0.2) is 0 Å². The number of aryl methyl sites for hydroxylation is 1. The molecule has 0 spiro atoms. The normalized spacial score (nSPS) is 12.1. The van der Waals surface area contributed by atoms with E-state index in [2.05, 4.69) is 54.7 Å². The Morgan fingerprint density at radius 2 is 1.70 bits per heavy atom. The van der Waals surface area contributed by atoms with Gasteiger partial charge in [-0.25, -0.2) is 0 Å². The van der Waals surface area contributed by atoms with Crippen molar-refractivity contribution in [2.24, 2.45) is 0 Å². The van der Waals surface area contributed by atoms with Crippen molar-refractivity contribution >= 4 is 0 Å². The fraction of sp³-hybridized carbons (Fsp3) is 0.333. The van der Waals surface area contributed by atoms with Gasteiger partial charge in [0.25, 0.3) is 0 Å². The molecular weight excluding hydrogens is 246 g/mol. The standard InChI is InChI=1S/C18H23NO/c1-15(19-2)17-12-6-7-13-18(17)20-14-8-11-16-9-4-3-5-10-16/h3-7,9-10,12-13,15,19H,8,11,14H2,1-2H3. The van der Waals surface area contributed by atoms with Gasteiger partial charge in [-0.3, -0.25) is 0 Å². The van der Waals surface area contributed by atoms with Crippen molar-refractivity contribution in [3.63, 3.8) is 0 Å². The van der Waals surface area contributed by atoms with E-state index < -0.39 is 0 Å². The summed E-state index contributed by atoms with van der Waals surface area (Å²) in [6, 6.07) is 19.1. The molecule has 0 bridgehead atoms. The summed E-state index contributed by atoms with van der Waals surface area (Å²) < 4.78 is 5.94. The van der Waals surface area contributed by atoms with Crippen molar-refractivity contribution < 1.29 is 4.74 Å². The van der Waals surface area contributed by atoms with E-state index in [1.54, 1.807) is 0 Å². The monoisotopic (exact) mass is 269 g/mol. The van der Waals surface area contributed by atoms with Crippen LogP contribution < -0.4 is 10.1 Å². The lowest BCUT2D eigenvalue weighted by atomic mass is 10.1. The Labute approximate surface area is 121 Å². The van der Waals surface area contributed by atoms with Crippen LogP contribution >= 0.6 is 0 Å². The van der Waals surface area contributed by atoms with Gasteiger partial charge < -0.3 is 10.1 Å². The second kappa shape index (κ2) is 7.71. The van der Waals surface area contributed by atoms with Crippen molar-refractivity contribution in [3.8, 4) is 5.75 Å². The highest BCUT2D eigenvalue weighted by Gasteiger charge is 2.08. The van der Waals surface area contributed by atoms with Gasteiger partial charge in [-0.2, -0.15) is 0 Å². The van der Waals surface area contributed by atoms with Gasteiger partial charge in [0.05, 0.1) is 6.61 Å². The fourth-order valence-electron chi connectivity index (χ4n) is 2.23. The second-order valence-electron chi connectivity index (χ2n) is 4.99. The van der Waals surface area contributed by atoms with Crippen LogP contribution in [0.3, 0.4) is 0 Å². The predicted molar refractivity (Wildman–Crippen MR) is 84.2 cm³/mol. The minimum absolute atomic E-state index is 0.306. The highest BCUT2D eigenvalue weighted by molar-refractivity contribution is 5.35. The third-order valence-electron chi connectivity index (χ3n) is 3.53. The highest BCUT2D eigenvalue weighted by Crippen LogP contribution is 2.24. The lowest BCUT2D eigenvalue weighted by Crippen LogP contribution is -2.14. The minimum Gasteiger partial charge on any atom is -0.493 e. The third kappa shape index (κ3) is 4.10. The fourth-order valence-corrected chi connectivity index (χ4v) is 2.23. The predicted octanol–water partition coefficient (Wildman–Crippen LogP) is 3.98. The maximum Gasteiger partial charge on any atom is 0.124 e. The molecule has 2 aromatic carbocycles. The summed E-state index contributed by atoms with van der Waals surface area (Å²) in [4.78, 5) is 0. The molecule has 0 fully saturated rings. The van der Waals surface area contributed by atoms with E-state index in [4.69, 9.17) is 4.74 Å². The molecule has 106 valence electrons. The van der Waals surface area contributed by atoms with Crippen molar-refractivity contribution in [1.82, 2.24) is 5.32 Å². The number of nitrogens with one attached hydrogen (secondary N) is 1. The van der Waals surface area contributed by atoms with Gasteiger partial charge in [-0.15, -0.1) is 0 Å². The molecule has 1 unspecified atom stereocenters. The molecule has 20 heavy (non-hydrogen) atoms. The molecule has 0 amide bonds. The van der Waals surface area contributed by atoms with E-state index in [-0.39, 0.29) is 0 Å². The molecule has 0 saturated heterocycles. The van der Waals surface area contributed by atoms with Gasteiger partial charge in [-0.05, 0) is 38.4 Å². The van der Waals surface area contributed by atoms with E-state index in [1.807, 2.05) is 19.2 Å². The molecule has 2 nitrogen and oxygen atoms in total. The molecule has 0 aliphatic carbocycles. The third-order valence-corrected chi connectivity index (χ3v) is 3.53. The lowest BCUT2D eigenvalue weighted by Gasteiger charge is -2.16. The largest absolute Gasteiger partial charge is 0.493 e. The van der Waals surface area contributed by atoms with Gasteiger partial charge in [0.1, 0.15) is 5.75 Å². The summed E-state index contributed by atoms with van der Waals surface area (Å²) in [7, 11) is 1.97. The maximum absolute atomic E-state index is 5.94. The molecule has 2 aromatic rings. The number of rotatable bonds is 7. The molecule has 0 radical (unpaired) electrons. The molecule has 1 atom stereocenters. The number of hydrogen-bond donors (Lipinski definition) is 1. The Bertz CT molecular complexity index is 510. The molecule has 0 saturated carbocycles. The highest BCUT2D eigenvalue weighted by atomic mass is 16.5. The van der Waals surface area contributed by atoms with Crippen molar-refractivity contribution in [2.75, 3.05) is 13.7 Å². The number of benzene rings is 2. The second-order valence-corrected chi connectivity index (χ2v) is 4.99. The van der Waals surface area contributed by atoms with Crippen molar-refractivity contribution in [3.05, 3.63) is 65.7 Å². The molecule has 0 heterocycles. The Kier molecular flexibility index (Phi) is 5.63. The zero-order valence-corrected chi connectivity index (χ0v) is 12.3. The summed E-state index contributed by atoms with van der Waals surface area (Å²) >= 11 is 0. The van der Waals surface area contributed by atoms with E-state index in [1.165, 1.54) is 11.1 Å². The molecule has 0 aromatic heterocycles. The Morgan fingerprint density at radius 3 is 2.45 bits per heavy atom. The molecule has 0 aliphatic heterocycles. The zero-order valence-electron chi connectivity index (χ0n) is 12.3. The smallest absolute Gasteiger partial charge is 0.124 e. The van der Waals surface area contributed by atoms with Crippen LogP contribution in [0, 0.1) is 0 Å².